The largest absolute Gasteiger partial charge is 0.416 e. The zero-order valence-electron chi connectivity index (χ0n) is 22.8. The van der Waals surface area contributed by atoms with Gasteiger partial charge in [0.1, 0.15) is 0 Å². The fourth-order valence-corrected chi connectivity index (χ4v) is 5.38. The Morgan fingerprint density at radius 2 is 1.07 bits per heavy atom. The van der Waals surface area contributed by atoms with Crippen molar-refractivity contribution < 1.29 is 4.42 Å². The van der Waals surface area contributed by atoms with Gasteiger partial charge in [-0.15, -0.1) is 10.2 Å². The van der Waals surface area contributed by atoms with Gasteiger partial charge in [0, 0.05) is 27.6 Å². The van der Waals surface area contributed by atoms with Crippen molar-refractivity contribution in [2.45, 2.75) is 26.2 Å². The molecule has 0 aliphatic carbocycles. The molecule has 0 unspecified atom stereocenters. The van der Waals surface area contributed by atoms with Crippen molar-refractivity contribution in [2.75, 3.05) is 0 Å². The second-order valence-electron chi connectivity index (χ2n) is 11.2. The lowest BCUT2D eigenvalue weighted by molar-refractivity contribution is 0.582. The van der Waals surface area contributed by atoms with Crippen LogP contribution in [0.15, 0.2) is 126 Å². The summed E-state index contributed by atoms with van der Waals surface area (Å²) in [5, 5.41) is 11.1. The highest BCUT2D eigenvalue weighted by Crippen LogP contribution is 2.35. The summed E-state index contributed by atoms with van der Waals surface area (Å²) in [7, 11) is 0. The molecule has 0 N–H and O–H groups in total. The molecule has 4 heteroatoms. The van der Waals surface area contributed by atoms with E-state index in [0.29, 0.717) is 11.8 Å². The van der Waals surface area contributed by atoms with Crippen LogP contribution in [0.1, 0.15) is 26.3 Å². The Kier molecular flexibility index (Phi) is 5.64. The SMILES string of the molecule is CC(C)(C)c1ccc(-c2nnc(-c3ccc(-c4ccc5c(c4)c4ccccc4n5-c4ccccc4)cc3)o2)cc1. The van der Waals surface area contributed by atoms with Crippen molar-refractivity contribution in [1.82, 2.24) is 14.8 Å². The van der Waals surface area contributed by atoms with Gasteiger partial charge in [0.15, 0.2) is 0 Å². The minimum atomic E-state index is 0.101. The van der Waals surface area contributed by atoms with E-state index in [0.717, 1.165) is 22.4 Å². The van der Waals surface area contributed by atoms with Crippen molar-refractivity contribution >= 4 is 21.8 Å². The summed E-state index contributed by atoms with van der Waals surface area (Å²) >= 11 is 0. The molecule has 0 amide bonds. The monoisotopic (exact) mass is 519 g/mol. The summed E-state index contributed by atoms with van der Waals surface area (Å²) in [6, 6.07) is 42.5. The third kappa shape index (κ3) is 4.18. The van der Waals surface area contributed by atoms with Crippen LogP contribution in [0.3, 0.4) is 0 Å². The number of rotatable bonds is 4. The first-order chi connectivity index (χ1) is 19.5. The Balaban J connectivity index is 1.21. The van der Waals surface area contributed by atoms with Crippen LogP contribution in [0.4, 0.5) is 0 Å². The molecule has 0 spiro atoms. The zero-order chi connectivity index (χ0) is 27.3. The quantitative estimate of drug-likeness (QED) is 0.233. The number of fused-ring (bicyclic) bond motifs is 3. The van der Waals surface area contributed by atoms with Crippen LogP contribution < -0.4 is 0 Å². The fourth-order valence-electron chi connectivity index (χ4n) is 5.38. The summed E-state index contributed by atoms with van der Waals surface area (Å²) in [6.45, 7) is 6.62. The molecule has 7 aromatic rings. The van der Waals surface area contributed by atoms with Crippen molar-refractivity contribution in [3.8, 4) is 39.7 Å². The van der Waals surface area contributed by atoms with Crippen LogP contribution in [0.5, 0.6) is 0 Å². The van der Waals surface area contributed by atoms with Crippen molar-refractivity contribution in [3.05, 3.63) is 127 Å². The number of hydrogen-bond acceptors (Lipinski definition) is 3. The van der Waals surface area contributed by atoms with Crippen LogP contribution >= 0.6 is 0 Å². The Morgan fingerprint density at radius 1 is 0.525 bits per heavy atom. The molecular weight excluding hydrogens is 490 g/mol. The number of hydrogen-bond donors (Lipinski definition) is 0. The molecule has 0 bridgehead atoms. The second kappa shape index (κ2) is 9.35. The van der Waals surface area contributed by atoms with E-state index < -0.39 is 0 Å². The third-order valence-electron chi connectivity index (χ3n) is 7.58. The summed E-state index contributed by atoms with van der Waals surface area (Å²) in [5.41, 5.74) is 9.06. The van der Waals surface area contributed by atoms with Crippen LogP contribution in [-0.2, 0) is 5.41 Å². The molecule has 0 fully saturated rings. The first-order valence-corrected chi connectivity index (χ1v) is 13.6. The molecule has 5 aromatic carbocycles. The average Bonchev–Trinajstić information content (AvgIpc) is 3.61. The molecule has 0 saturated heterocycles. The normalized spacial score (nSPS) is 11.9. The standard InChI is InChI=1S/C36H29N3O/c1-36(2,3)28-20-17-26(18-21-28)35-38-37-34(40-35)25-15-13-24(14-16-25)27-19-22-33-31(23-27)30-11-7-8-12-32(30)39(33)29-9-5-4-6-10-29/h4-23H,1-3H3. The average molecular weight is 520 g/mol. The van der Waals surface area contributed by atoms with Gasteiger partial charge < -0.3 is 8.98 Å². The first-order valence-electron chi connectivity index (χ1n) is 13.6. The maximum atomic E-state index is 6.05. The van der Waals surface area contributed by atoms with Crippen LogP contribution in [0.2, 0.25) is 0 Å². The highest BCUT2D eigenvalue weighted by molar-refractivity contribution is 6.10. The minimum Gasteiger partial charge on any atom is -0.416 e. The van der Waals surface area contributed by atoms with E-state index in [2.05, 4.69) is 133 Å². The third-order valence-corrected chi connectivity index (χ3v) is 7.58. The molecule has 4 nitrogen and oxygen atoms in total. The summed E-state index contributed by atoms with van der Waals surface area (Å²) in [6.07, 6.45) is 0. The van der Waals surface area contributed by atoms with Gasteiger partial charge in [-0.05, 0) is 76.7 Å². The molecule has 40 heavy (non-hydrogen) atoms. The van der Waals surface area contributed by atoms with Gasteiger partial charge in [0.2, 0.25) is 11.8 Å². The molecule has 0 radical (unpaired) electrons. The van der Waals surface area contributed by atoms with E-state index in [4.69, 9.17) is 4.42 Å². The van der Waals surface area contributed by atoms with Gasteiger partial charge in [0.05, 0.1) is 11.0 Å². The maximum absolute atomic E-state index is 6.05. The number of nitrogens with zero attached hydrogens (tertiary/aromatic N) is 3. The summed E-state index contributed by atoms with van der Waals surface area (Å²) in [5.74, 6) is 1.04. The van der Waals surface area contributed by atoms with Crippen LogP contribution in [-0.4, -0.2) is 14.8 Å². The van der Waals surface area contributed by atoms with E-state index >= 15 is 0 Å². The molecule has 0 saturated carbocycles. The first kappa shape index (κ1) is 24.1. The Hall–Kier alpha value is -4.96. The van der Waals surface area contributed by atoms with E-state index in [-0.39, 0.29) is 5.41 Å². The predicted octanol–water partition coefficient (Wildman–Crippen LogP) is 9.47. The molecule has 194 valence electrons. The van der Waals surface area contributed by atoms with Gasteiger partial charge in [-0.2, -0.15) is 0 Å². The molecular formula is C36H29N3O. The maximum Gasteiger partial charge on any atom is 0.248 e. The van der Waals surface area contributed by atoms with Crippen molar-refractivity contribution in [1.29, 1.82) is 0 Å². The lowest BCUT2D eigenvalue weighted by Gasteiger charge is -2.18. The summed E-state index contributed by atoms with van der Waals surface area (Å²) in [4.78, 5) is 0. The molecule has 7 rings (SSSR count). The van der Waals surface area contributed by atoms with Gasteiger partial charge in [-0.1, -0.05) is 87.5 Å². The lowest BCUT2D eigenvalue weighted by Crippen LogP contribution is -2.10. The minimum absolute atomic E-state index is 0.101. The molecule has 0 aliphatic heterocycles. The second-order valence-corrected chi connectivity index (χ2v) is 11.2. The Morgan fingerprint density at radius 3 is 1.75 bits per heavy atom. The topological polar surface area (TPSA) is 43.9 Å². The van der Waals surface area contributed by atoms with Crippen molar-refractivity contribution in [2.24, 2.45) is 0 Å². The smallest absolute Gasteiger partial charge is 0.248 e. The lowest BCUT2D eigenvalue weighted by atomic mass is 9.87. The van der Waals surface area contributed by atoms with Gasteiger partial charge >= 0.3 is 0 Å². The molecule has 2 heterocycles. The summed E-state index contributed by atoms with van der Waals surface area (Å²) < 4.78 is 8.39. The van der Waals surface area contributed by atoms with Crippen LogP contribution in [0, 0.1) is 0 Å². The van der Waals surface area contributed by atoms with Gasteiger partial charge in [-0.25, -0.2) is 0 Å². The number of aromatic nitrogens is 3. The van der Waals surface area contributed by atoms with Gasteiger partial charge in [0.25, 0.3) is 0 Å². The predicted molar refractivity (Wildman–Crippen MR) is 164 cm³/mol. The zero-order valence-corrected chi connectivity index (χ0v) is 22.8. The Bertz CT molecular complexity index is 1960. The highest BCUT2D eigenvalue weighted by atomic mass is 16.4. The van der Waals surface area contributed by atoms with Gasteiger partial charge in [-0.3, -0.25) is 0 Å². The molecule has 0 atom stereocenters. The van der Waals surface area contributed by atoms with E-state index in [1.54, 1.807) is 0 Å². The fraction of sp³-hybridized carbons (Fsp3) is 0.111. The van der Waals surface area contributed by atoms with Crippen molar-refractivity contribution in [3.63, 3.8) is 0 Å². The molecule has 2 aromatic heterocycles. The molecule has 0 aliphatic rings. The van der Waals surface area contributed by atoms with E-state index in [1.807, 2.05) is 24.3 Å². The highest BCUT2D eigenvalue weighted by Gasteiger charge is 2.16. The number of para-hydroxylation sites is 2. The Labute approximate surface area is 233 Å². The van der Waals surface area contributed by atoms with E-state index in [9.17, 15) is 0 Å². The van der Waals surface area contributed by atoms with Crippen LogP contribution in [0.25, 0.3) is 61.5 Å². The number of benzene rings is 5. The van der Waals surface area contributed by atoms with E-state index in [1.165, 1.54) is 32.9 Å².